The van der Waals surface area contributed by atoms with E-state index in [0.29, 0.717) is 12.0 Å². The number of carbonyl (C=O) groups is 2. The fourth-order valence-corrected chi connectivity index (χ4v) is 2.43. The molecule has 7 nitrogen and oxygen atoms in total. The molecule has 0 aliphatic rings. The maximum absolute atomic E-state index is 12.2. The molecule has 0 bridgehead atoms. The van der Waals surface area contributed by atoms with Crippen LogP contribution < -0.4 is 5.32 Å². The Balaban J connectivity index is 2.03. The fraction of sp³-hybridized carbons (Fsp3) is 0.375. The van der Waals surface area contributed by atoms with E-state index < -0.39 is 5.97 Å². The van der Waals surface area contributed by atoms with E-state index in [1.807, 2.05) is 32.5 Å². The molecule has 1 atom stereocenters. The maximum Gasteiger partial charge on any atom is 0.354 e. The molecule has 0 radical (unpaired) electrons. The quantitative estimate of drug-likeness (QED) is 0.871. The number of nitrogens with one attached hydrogen (secondary N) is 1. The van der Waals surface area contributed by atoms with Gasteiger partial charge in [0.1, 0.15) is 5.69 Å². The average Bonchev–Trinajstić information content (AvgIpc) is 2.73. The molecule has 2 rings (SSSR count). The Hall–Kier alpha value is -2.70. The Morgan fingerprint density at radius 2 is 2.04 bits per heavy atom. The van der Waals surface area contributed by atoms with E-state index in [-0.39, 0.29) is 17.6 Å². The molecular weight excluding hydrogens is 296 g/mol. The second-order valence-corrected chi connectivity index (χ2v) is 5.59. The van der Waals surface area contributed by atoms with E-state index in [2.05, 4.69) is 15.4 Å². The number of carbonyl (C=O) groups excluding carboxylic acids is 1. The number of nitrogens with zero attached hydrogens (tertiary/aromatic N) is 3. The number of aryl methyl sites for hydroxylation is 2. The van der Waals surface area contributed by atoms with Gasteiger partial charge in [-0.05, 0) is 44.9 Å². The van der Waals surface area contributed by atoms with Crippen molar-refractivity contribution in [3.63, 3.8) is 0 Å². The van der Waals surface area contributed by atoms with Gasteiger partial charge in [0, 0.05) is 25.0 Å². The monoisotopic (exact) mass is 316 g/mol. The van der Waals surface area contributed by atoms with Crippen molar-refractivity contribution in [1.29, 1.82) is 0 Å². The van der Waals surface area contributed by atoms with Gasteiger partial charge in [-0.1, -0.05) is 0 Å². The second kappa shape index (κ2) is 6.60. The van der Waals surface area contributed by atoms with Crippen LogP contribution in [0.1, 0.15) is 44.7 Å². The van der Waals surface area contributed by atoms with Crippen LogP contribution in [0.4, 0.5) is 0 Å². The van der Waals surface area contributed by atoms with Crippen LogP contribution >= 0.6 is 0 Å². The molecule has 0 saturated heterocycles. The number of pyridine rings is 1. The Labute approximate surface area is 134 Å². The Morgan fingerprint density at radius 3 is 2.52 bits per heavy atom. The summed E-state index contributed by atoms with van der Waals surface area (Å²) >= 11 is 0. The highest BCUT2D eigenvalue weighted by atomic mass is 16.4. The molecule has 0 aliphatic heterocycles. The molecule has 0 fully saturated rings. The molecule has 2 aromatic heterocycles. The van der Waals surface area contributed by atoms with Crippen LogP contribution in [0.15, 0.2) is 18.3 Å². The zero-order valence-electron chi connectivity index (χ0n) is 13.6. The summed E-state index contributed by atoms with van der Waals surface area (Å²) in [5.41, 5.74) is 3.41. The van der Waals surface area contributed by atoms with Gasteiger partial charge in [0.2, 0.25) is 0 Å². The highest BCUT2D eigenvalue weighted by molar-refractivity contribution is 5.95. The van der Waals surface area contributed by atoms with Crippen LogP contribution in [-0.4, -0.2) is 37.8 Å². The molecule has 2 heterocycles. The molecule has 0 aliphatic carbocycles. The lowest BCUT2D eigenvalue weighted by Gasteiger charge is -2.14. The van der Waals surface area contributed by atoms with Gasteiger partial charge in [-0.2, -0.15) is 5.10 Å². The lowest BCUT2D eigenvalue weighted by molar-refractivity contribution is 0.0689. The van der Waals surface area contributed by atoms with Crippen molar-refractivity contribution in [3.8, 4) is 0 Å². The normalized spacial score (nSPS) is 12.0. The van der Waals surface area contributed by atoms with E-state index in [1.165, 1.54) is 18.3 Å². The first-order valence-corrected chi connectivity index (χ1v) is 7.29. The smallest absolute Gasteiger partial charge is 0.354 e. The molecule has 0 saturated carbocycles. The molecule has 2 N–H and O–H groups in total. The van der Waals surface area contributed by atoms with Crippen molar-refractivity contribution in [2.45, 2.75) is 33.2 Å². The molecule has 23 heavy (non-hydrogen) atoms. The molecule has 0 aromatic carbocycles. The van der Waals surface area contributed by atoms with E-state index >= 15 is 0 Å². The Morgan fingerprint density at radius 1 is 1.35 bits per heavy atom. The summed E-state index contributed by atoms with van der Waals surface area (Å²) in [5, 5.41) is 16.1. The van der Waals surface area contributed by atoms with Crippen molar-refractivity contribution in [3.05, 3.63) is 46.5 Å². The summed E-state index contributed by atoms with van der Waals surface area (Å²) < 4.78 is 1.83. The van der Waals surface area contributed by atoms with E-state index in [0.717, 1.165) is 17.0 Å². The van der Waals surface area contributed by atoms with Crippen molar-refractivity contribution < 1.29 is 14.7 Å². The second-order valence-electron chi connectivity index (χ2n) is 5.59. The van der Waals surface area contributed by atoms with Gasteiger partial charge in [0.05, 0.1) is 11.3 Å². The number of rotatable bonds is 5. The number of aromatic carboxylic acids is 1. The standard InChI is InChI=1S/C16H20N4O3/c1-9(7-13-10(2)19-20(4)11(13)3)18-15(21)12-5-6-14(16(22)23)17-8-12/h5-6,8-9H,7H2,1-4H3,(H,18,21)(H,22,23). The third-order valence-electron chi connectivity index (χ3n) is 3.79. The van der Waals surface area contributed by atoms with Crippen molar-refractivity contribution in [2.24, 2.45) is 7.05 Å². The molecule has 1 unspecified atom stereocenters. The first kappa shape index (κ1) is 16.7. The summed E-state index contributed by atoms with van der Waals surface area (Å²) in [7, 11) is 1.89. The van der Waals surface area contributed by atoms with Gasteiger partial charge in [0.25, 0.3) is 5.91 Å². The van der Waals surface area contributed by atoms with Crippen LogP contribution in [0.2, 0.25) is 0 Å². The van der Waals surface area contributed by atoms with Crippen LogP contribution in [-0.2, 0) is 13.5 Å². The number of carboxylic acid groups (broad SMARTS) is 1. The summed E-state index contributed by atoms with van der Waals surface area (Å²) in [6, 6.07) is 2.69. The first-order valence-electron chi connectivity index (χ1n) is 7.29. The third-order valence-corrected chi connectivity index (χ3v) is 3.79. The Kier molecular flexibility index (Phi) is 4.78. The minimum absolute atomic E-state index is 0.0803. The van der Waals surface area contributed by atoms with Crippen LogP contribution in [0, 0.1) is 13.8 Å². The van der Waals surface area contributed by atoms with E-state index in [4.69, 9.17) is 5.11 Å². The molecular formula is C16H20N4O3. The molecule has 1 amide bonds. The van der Waals surface area contributed by atoms with Crippen molar-refractivity contribution >= 4 is 11.9 Å². The number of hydrogen-bond acceptors (Lipinski definition) is 4. The van der Waals surface area contributed by atoms with Gasteiger partial charge in [-0.15, -0.1) is 0 Å². The lowest BCUT2D eigenvalue weighted by Crippen LogP contribution is -2.34. The molecule has 122 valence electrons. The summed E-state index contributed by atoms with van der Waals surface area (Å²) in [5.74, 6) is -1.39. The van der Waals surface area contributed by atoms with Crippen molar-refractivity contribution in [1.82, 2.24) is 20.1 Å². The zero-order chi connectivity index (χ0) is 17.1. The molecule has 0 spiro atoms. The zero-order valence-corrected chi connectivity index (χ0v) is 13.6. The highest BCUT2D eigenvalue weighted by Crippen LogP contribution is 2.14. The van der Waals surface area contributed by atoms with E-state index in [9.17, 15) is 9.59 Å². The predicted octanol–water partition coefficient (Wildman–Crippen LogP) is 1.49. The van der Waals surface area contributed by atoms with Gasteiger partial charge in [0.15, 0.2) is 0 Å². The number of amides is 1. The lowest BCUT2D eigenvalue weighted by atomic mass is 10.0. The van der Waals surface area contributed by atoms with Gasteiger partial charge in [-0.3, -0.25) is 9.48 Å². The third kappa shape index (κ3) is 3.74. The summed E-state index contributed by atoms with van der Waals surface area (Å²) in [4.78, 5) is 26.7. The number of carboxylic acids is 1. The largest absolute Gasteiger partial charge is 0.477 e. The minimum atomic E-state index is -1.12. The van der Waals surface area contributed by atoms with Gasteiger partial charge in [-0.25, -0.2) is 9.78 Å². The van der Waals surface area contributed by atoms with Crippen LogP contribution in [0.3, 0.4) is 0 Å². The summed E-state index contributed by atoms with van der Waals surface area (Å²) in [6.45, 7) is 5.87. The summed E-state index contributed by atoms with van der Waals surface area (Å²) in [6.07, 6.45) is 1.95. The number of hydrogen-bond donors (Lipinski definition) is 2. The fourth-order valence-electron chi connectivity index (χ4n) is 2.43. The first-order chi connectivity index (χ1) is 10.8. The number of aromatic nitrogens is 3. The maximum atomic E-state index is 12.2. The van der Waals surface area contributed by atoms with Gasteiger partial charge >= 0.3 is 5.97 Å². The van der Waals surface area contributed by atoms with Crippen molar-refractivity contribution in [2.75, 3.05) is 0 Å². The minimum Gasteiger partial charge on any atom is -0.477 e. The topological polar surface area (TPSA) is 97.1 Å². The van der Waals surface area contributed by atoms with Crippen LogP contribution in [0.5, 0.6) is 0 Å². The SMILES string of the molecule is Cc1nn(C)c(C)c1CC(C)NC(=O)c1ccc(C(=O)O)nc1. The van der Waals surface area contributed by atoms with Crippen LogP contribution in [0.25, 0.3) is 0 Å². The van der Waals surface area contributed by atoms with E-state index in [1.54, 1.807) is 0 Å². The predicted molar refractivity (Wildman–Crippen MR) is 84.5 cm³/mol. The molecule has 2 aromatic rings. The average molecular weight is 316 g/mol. The highest BCUT2D eigenvalue weighted by Gasteiger charge is 2.16. The Bertz CT molecular complexity index is 735. The molecule has 7 heteroatoms. The van der Waals surface area contributed by atoms with Gasteiger partial charge < -0.3 is 10.4 Å².